The number of thioether (sulfide) groups is 1. The van der Waals surface area contributed by atoms with E-state index in [0.29, 0.717) is 22.2 Å². The number of nitriles is 1. The summed E-state index contributed by atoms with van der Waals surface area (Å²) in [7, 11) is 0. The predicted octanol–water partition coefficient (Wildman–Crippen LogP) is 4.74. The minimum atomic E-state index is 0.105. The molecule has 0 amide bonds. The fourth-order valence-corrected chi connectivity index (χ4v) is 3.18. The molecule has 3 aromatic rings. The minimum absolute atomic E-state index is 0.105. The molecule has 0 aliphatic carbocycles. The van der Waals surface area contributed by atoms with Crippen LogP contribution in [0.3, 0.4) is 0 Å². The lowest BCUT2D eigenvalue weighted by Gasteiger charge is -2.19. The van der Waals surface area contributed by atoms with E-state index in [1.54, 1.807) is 0 Å². The molecule has 3 rings (SSSR count). The monoisotopic (exact) mass is 378 g/mol. The summed E-state index contributed by atoms with van der Waals surface area (Å²) in [6, 6.07) is 14.1. The molecule has 0 bridgehead atoms. The molecule has 0 unspecified atom stereocenters. The third kappa shape index (κ3) is 4.32. The van der Waals surface area contributed by atoms with Crippen LogP contribution < -0.4 is 4.74 Å². The normalized spacial score (nSPS) is 11.2. The summed E-state index contributed by atoms with van der Waals surface area (Å²) < 4.78 is 7.70. The van der Waals surface area contributed by atoms with Crippen LogP contribution in [-0.4, -0.2) is 20.8 Å². The maximum atomic E-state index is 9.53. The second kappa shape index (κ2) is 7.85. The van der Waals surface area contributed by atoms with Crippen LogP contribution >= 0.6 is 11.8 Å². The van der Waals surface area contributed by atoms with Crippen molar-refractivity contribution in [2.75, 3.05) is 6.26 Å². The Morgan fingerprint density at radius 1 is 1.11 bits per heavy atom. The molecule has 1 aromatic carbocycles. The number of hydrogen-bond acceptors (Lipinski definition) is 5. The van der Waals surface area contributed by atoms with Gasteiger partial charge >= 0.3 is 0 Å². The number of nitrogens with zero attached hydrogens (tertiary/aromatic N) is 4. The van der Waals surface area contributed by atoms with Gasteiger partial charge in [0.05, 0.1) is 0 Å². The van der Waals surface area contributed by atoms with Gasteiger partial charge in [-0.2, -0.15) is 5.26 Å². The lowest BCUT2D eigenvalue weighted by atomic mass is 9.87. The molecular weight excluding hydrogens is 356 g/mol. The van der Waals surface area contributed by atoms with Gasteiger partial charge in [-0.05, 0) is 41.5 Å². The fraction of sp³-hybridized carbons (Fsp3) is 0.286. The molecule has 6 heteroatoms. The molecule has 0 saturated heterocycles. The highest BCUT2D eigenvalue weighted by molar-refractivity contribution is 7.98. The first-order valence-corrected chi connectivity index (χ1v) is 9.86. The van der Waals surface area contributed by atoms with Crippen LogP contribution in [0.15, 0.2) is 53.8 Å². The largest absolute Gasteiger partial charge is 0.486 e. The molecule has 0 spiro atoms. The third-order valence-electron chi connectivity index (χ3n) is 4.15. The molecule has 5 nitrogen and oxygen atoms in total. The van der Waals surface area contributed by atoms with Gasteiger partial charge in [0.1, 0.15) is 29.0 Å². The van der Waals surface area contributed by atoms with E-state index in [-0.39, 0.29) is 12.0 Å². The summed E-state index contributed by atoms with van der Waals surface area (Å²) in [6.07, 6.45) is 5.63. The third-order valence-corrected chi connectivity index (χ3v) is 4.83. The molecule has 0 fully saturated rings. The van der Waals surface area contributed by atoms with Crippen LogP contribution in [0.1, 0.15) is 37.7 Å². The molecule has 2 aromatic heterocycles. The molecule has 0 atom stereocenters. The van der Waals surface area contributed by atoms with Gasteiger partial charge in [-0.15, -0.1) is 11.8 Å². The van der Waals surface area contributed by atoms with Gasteiger partial charge < -0.3 is 9.30 Å². The average Bonchev–Trinajstić information content (AvgIpc) is 3.19. The van der Waals surface area contributed by atoms with Crippen molar-refractivity contribution < 1.29 is 4.74 Å². The van der Waals surface area contributed by atoms with Gasteiger partial charge in [0.25, 0.3) is 0 Å². The Bertz CT molecular complexity index is 952. The van der Waals surface area contributed by atoms with Gasteiger partial charge in [0.15, 0.2) is 11.6 Å². The molecule has 0 aliphatic heterocycles. The smallest absolute Gasteiger partial charge is 0.169 e. The summed E-state index contributed by atoms with van der Waals surface area (Å²) in [6.45, 7) is 6.78. The second-order valence-corrected chi connectivity index (χ2v) is 7.91. The molecule has 0 aliphatic rings. The number of benzene rings is 1. The minimum Gasteiger partial charge on any atom is -0.486 e. The van der Waals surface area contributed by atoms with E-state index >= 15 is 0 Å². The second-order valence-electron chi connectivity index (χ2n) is 7.11. The van der Waals surface area contributed by atoms with Crippen molar-refractivity contribution in [2.24, 2.45) is 0 Å². The summed E-state index contributed by atoms with van der Waals surface area (Å²) in [5, 5.41) is 10.2. The quantitative estimate of drug-likeness (QED) is 0.474. The molecule has 0 radical (unpaired) electrons. The van der Waals surface area contributed by atoms with Crippen molar-refractivity contribution in [3.63, 3.8) is 0 Å². The summed E-state index contributed by atoms with van der Waals surface area (Å²) in [5.74, 6) is 1.88. The van der Waals surface area contributed by atoms with E-state index in [1.165, 1.54) is 17.3 Å². The van der Waals surface area contributed by atoms with Crippen LogP contribution in [0.25, 0.3) is 5.82 Å². The SMILES string of the molecule is CSc1nc(COc2ccc(C(C)(C)C)cc2)nc(-n2cccc2)c1C#N. The molecule has 138 valence electrons. The van der Waals surface area contributed by atoms with Crippen LogP contribution in [0, 0.1) is 11.3 Å². The number of ether oxygens (including phenoxy) is 1. The first kappa shape index (κ1) is 19.0. The Morgan fingerprint density at radius 2 is 1.78 bits per heavy atom. The van der Waals surface area contributed by atoms with Crippen molar-refractivity contribution in [1.82, 2.24) is 14.5 Å². The highest BCUT2D eigenvalue weighted by Gasteiger charge is 2.16. The topological polar surface area (TPSA) is 63.7 Å². The molecule has 2 heterocycles. The van der Waals surface area contributed by atoms with Gasteiger partial charge in [0, 0.05) is 12.4 Å². The summed E-state index contributed by atoms with van der Waals surface area (Å²) in [4.78, 5) is 9.05. The van der Waals surface area contributed by atoms with Crippen LogP contribution in [-0.2, 0) is 12.0 Å². The lowest BCUT2D eigenvalue weighted by Crippen LogP contribution is -2.11. The van der Waals surface area contributed by atoms with Crippen molar-refractivity contribution >= 4 is 11.8 Å². The van der Waals surface area contributed by atoms with Crippen molar-refractivity contribution in [2.45, 2.75) is 37.8 Å². The van der Waals surface area contributed by atoms with Gasteiger partial charge in [-0.3, -0.25) is 0 Å². The highest BCUT2D eigenvalue weighted by Crippen LogP contribution is 2.26. The van der Waals surface area contributed by atoms with Gasteiger partial charge in [0.2, 0.25) is 0 Å². The van der Waals surface area contributed by atoms with E-state index < -0.39 is 0 Å². The van der Waals surface area contributed by atoms with E-state index in [4.69, 9.17) is 4.74 Å². The van der Waals surface area contributed by atoms with Crippen molar-refractivity contribution in [1.29, 1.82) is 5.26 Å². The van der Waals surface area contributed by atoms with E-state index in [1.807, 2.05) is 47.5 Å². The number of rotatable bonds is 5. The van der Waals surface area contributed by atoms with Crippen molar-refractivity contribution in [3.05, 3.63) is 65.7 Å². The zero-order valence-corrected chi connectivity index (χ0v) is 16.7. The van der Waals surface area contributed by atoms with E-state index in [9.17, 15) is 5.26 Å². The zero-order chi connectivity index (χ0) is 19.4. The van der Waals surface area contributed by atoms with Crippen molar-refractivity contribution in [3.8, 4) is 17.6 Å². The first-order valence-electron chi connectivity index (χ1n) is 8.64. The van der Waals surface area contributed by atoms with Gasteiger partial charge in [-0.25, -0.2) is 9.97 Å². The van der Waals surface area contributed by atoms with Crippen LogP contribution in [0.2, 0.25) is 0 Å². The maximum Gasteiger partial charge on any atom is 0.169 e. The Labute approximate surface area is 164 Å². The fourth-order valence-electron chi connectivity index (χ4n) is 2.64. The molecule has 0 N–H and O–H groups in total. The molecular formula is C21H22N4OS. The predicted molar refractivity (Wildman–Crippen MR) is 107 cm³/mol. The number of hydrogen-bond donors (Lipinski definition) is 0. The summed E-state index contributed by atoms with van der Waals surface area (Å²) in [5.41, 5.74) is 1.83. The maximum absolute atomic E-state index is 9.53. The molecule has 0 saturated carbocycles. The van der Waals surface area contributed by atoms with Crippen LogP contribution in [0.4, 0.5) is 0 Å². The lowest BCUT2D eigenvalue weighted by molar-refractivity contribution is 0.294. The van der Waals surface area contributed by atoms with E-state index in [0.717, 1.165) is 5.75 Å². The van der Waals surface area contributed by atoms with E-state index in [2.05, 4.69) is 48.9 Å². The Morgan fingerprint density at radius 3 is 2.33 bits per heavy atom. The standard InChI is InChI=1S/C21H22N4OS/c1-21(2,3)15-7-9-16(10-8-15)26-14-18-23-19(25-11-5-6-12-25)17(13-22)20(24-18)27-4/h5-12H,14H2,1-4H3. The number of aromatic nitrogens is 3. The first-order chi connectivity index (χ1) is 12.9. The summed E-state index contributed by atoms with van der Waals surface area (Å²) >= 11 is 1.43. The van der Waals surface area contributed by atoms with Crippen LogP contribution in [0.5, 0.6) is 5.75 Å². The Hall–Kier alpha value is -2.78. The highest BCUT2D eigenvalue weighted by atomic mass is 32.2. The molecule has 27 heavy (non-hydrogen) atoms. The zero-order valence-electron chi connectivity index (χ0n) is 15.9. The Kier molecular flexibility index (Phi) is 5.52. The Balaban J connectivity index is 1.85. The van der Waals surface area contributed by atoms with Gasteiger partial charge in [-0.1, -0.05) is 32.9 Å². The average molecular weight is 379 g/mol.